The highest BCUT2D eigenvalue weighted by atomic mass is 15.0. The van der Waals surface area contributed by atoms with Crippen LogP contribution in [0.1, 0.15) is 5.56 Å². The minimum Gasteiger partial charge on any atom is -0.383 e. The molecule has 2 heterocycles. The zero-order chi connectivity index (χ0) is 11.8. The Balaban J connectivity index is 2.36. The van der Waals surface area contributed by atoms with Crippen molar-refractivity contribution in [1.82, 2.24) is 15.0 Å². The third-order valence-corrected chi connectivity index (χ3v) is 2.93. The average Bonchev–Trinajstić information content (AvgIpc) is 2.75. The van der Waals surface area contributed by atoms with Crippen LogP contribution in [0.3, 0.4) is 0 Å². The van der Waals surface area contributed by atoms with Gasteiger partial charge in [-0.25, -0.2) is 9.97 Å². The molecule has 0 aliphatic heterocycles. The number of H-pyrrole nitrogens is 1. The number of aryl methyl sites for hydroxylation is 1. The minimum atomic E-state index is 0.509. The lowest BCUT2D eigenvalue weighted by atomic mass is 10.0. The van der Waals surface area contributed by atoms with Crippen LogP contribution >= 0.6 is 0 Å². The number of nitrogens with zero attached hydrogens (tertiary/aromatic N) is 2. The van der Waals surface area contributed by atoms with E-state index < -0.39 is 0 Å². The summed E-state index contributed by atoms with van der Waals surface area (Å²) >= 11 is 0. The van der Waals surface area contributed by atoms with Crippen molar-refractivity contribution in [1.29, 1.82) is 0 Å². The zero-order valence-corrected chi connectivity index (χ0v) is 9.44. The van der Waals surface area contributed by atoms with Gasteiger partial charge in [0.15, 0.2) is 0 Å². The van der Waals surface area contributed by atoms with Crippen molar-refractivity contribution in [3.63, 3.8) is 0 Å². The molecule has 3 aromatic rings. The maximum Gasteiger partial charge on any atom is 0.143 e. The summed E-state index contributed by atoms with van der Waals surface area (Å²) in [4.78, 5) is 11.3. The van der Waals surface area contributed by atoms with Crippen LogP contribution in [0.5, 0.6) is 0 Å². The number of rotatable bonds is 1. The molecular formula is C13H12N4. The lowest BCUT2D eigenvalue weighted by Gasteiger charge is -2.04. The molecule has 1 aromatic carbocycles. The normalized spacial score (nSPS) is 10.9. The summed E-state index contributed by atoms with van der Waals surface area (Å²) in [6.07, 6.45) is 3.40. The predicted octanol–water partition coefficient (Wildman–Crippen LogP) is 2.52. The molecule has 0 spiro atoms. The maximum absolute atomic E-state index is 5.92. The summed E-state index contributed by atoms with van der Waals surface area (Å²) in [7, 11) is 0. The van der Waals surface area contributed by atoms with Gasteiger partial charge in [0.1, 0.15) is 17.8 Å². The second kappa shape index (κ2) is 3.59. The number of aromatic amines is 1. The van der Waals surface area contributed by atoms with E-state index in [1.54, 1.807) is 0 Å². The monoisotopic (exact) mass is 224 g/mol. The molecule has 0 bridgehead atoms. The maximum atomic E-state index is 5.92. The fraction of sp³-hybridized carbons (Fsp3) is 0.0769. The number of fused-ring (bicyclic) bond motifs is 1. The Morgan fingerprint density at radius 2 is 1.94 bits per heavy atom. The second-order valence-corrected chi connectivity index (χ2v) is 4.00. The molecule has 17 heavy (non-hydrogen) atoms. The van der Waals surface area contributed by atoms with Crippen LogP contribution in [-0.2, 0) is 0 Å². The SMILES string of the molecule is Cc1ccccc1-c1c[nH]c2ncnc(N)c12. The van der Waals surface area contributed by atoms with E-state index in [0.29, 0.717) is 5.82 Å². The standard InChI is InChI=1S/C13H12N4/c1-8-4-2-3-5-9(8)10-6-15-13-11(10)12(14)16-7-17-13/h2-7H,1H3,(H3,14,15,16,17). The van der Waals surface area contributed by atoms with Gasteiger partial charge in [-0.2, -0.15) is 0 Å². The predicted molar refractivity (Wildman–Crippen MR) is 68.5 cm³/mol. The van der Waals surface area contributed by atoms with Gasteiger partial charge in [-0.05, 0) is 18.1 Å². The fourth-order valence-corrected chi connectivity index (χ4v) is 2.07. The van der Waals surface area contributed by atoms with Gasteiger partial charge in [-0.3, -0.25) is 0 Å². The smallest absolute Gasteiger partial charge is 0.143 e. The summed E-state index contributed by atoms with van der Waals surface area (Å²) in [5.41, 5.74) is 10.1. The first-order chi connectivity index (χ1) is 8.27. The summed E-state index contributed by atoms with van der Waals surface area (Å²) in [6.45, 7) is 2.08. The van der Waals surface area contributed by atoms with Crippen LogP contribution in [-0.4, -0.2) is 15.0 Å². The van der Waals surface area contributed by atoms with E-state index in [-0.39, 0.29) is 0 Å². The van der Waals surface area contributed by atoms with Crippen LogP contribution in [0.15, 0.2) is 36.8 Å². The molecule has 0 amide bonds. The highest BCUT2D eigenvalue weighted by molar-refractivity contribution is 6.00. The van der Waals surface area contributed by atoms with Gasteiger partial charge in [-0.1, -0.05) is 24.3 Å². The number of nitrogens with one attached hydrogen (secondary N) is 1. The molecule has 0 atom stereocenters. The Hall–Kier alpha value is -2.36. The van der Waals surface area contributed by atoms with Gasteiger partial charge < -0.3 is 10.7 Å². The number of hydrogen-bond acceptors (Lipinski definition) is 3. The summed E-state index contributed by atoms with van der Waals surface area (Å²) in [5, 5.41) is 0.891. The molecule has 2 aromatic heterocycles. The van der Waals surface area contributed by atoms with Crippen LogP contribution in [0.2, 0.25) is 0 Å². The molecule has 0 fully saturated rings. The highest BCUT2D eigenvalue weighted by Crippen LogP contribution is 2.32. The molecule has 3 rings (SSSR count). The highest BCUT2D eigenvalue weighted by Gasteiger charge is 2.11. The zero-order valence-electron chi connectivity index (χ0n) is 9.44. The van der Waals surface area contributed by atoms with E-state index in [4.69, 9.17) is 5.73 Å². The average molecular weight is 224 g/mol. The summed E-state index contributed by atoms with van der Waals surface area (Å²) in [6, 6.07) is 8.19. The van der Waals surface area contributed by atoms with Gasteiger partial charge >= 0.3 is 0 Å². The first-order valence-electron chi connectivity index (χ1n) is 5.41. The fourth-order valence-electron chi connectivity index (χ4n) is 2.07. The number of aromatic nitrogens is 3. The van der Waals surface area contributed by atoms with Crippen LogP contribution < -0.4 is 5.73 Å². The first kappa shape index (κ1) is 9.84. The van der Waals surface area contributed by atoms with Crippen LogP contribution in [0.4, 0.5) is 5.82 Å². The van der Waals surface area contributed by atoms with Gasteiger partial charge in [0.05, 0.1) is 5.39 Å². The molecule has 0 aliphatic rings. The lowest BCUT2D eigenvalue weighted by Crippen LogP contribution is -1.92. The van der Waals surface area contributed by atoms with Gasteiger partial charge in [0.25, 0.3) is 0 Å². The quantitative estimate of drug-likeness (QED) is 0.667. The Kier molecular flexibility index (Phi) is 2.08. The molecule has 3 N–H and O–H groups in total. The Labute approximate surface area is 98.5 Å². The molecule has 0 saturated heterocycles. The van der Waals surface area contributed by atoms with Crippen molar-refractivity contribution >= 4 is 16.9 Å². The number of benzene rings is 1. The van der Waals surface area contributed by atoms with Crippen molar-refractivity contribution in [3.05, 3.63) is 42.4 Å². The molecule has 4 nitrogen and oxygen atoms in total. The van der Waals surface area contributed by atoms with E-state index in [0.717, 1.165) is 22.2 Å². The molecule has 0 unspecified atom stereocenters. The van der Waals surface area contributed by atoms with Crippen molar-refractivity contribution in [3.8, 4) is 11.1 Å². The van der Waals surface area contributed by atoms with E-state index in [9.17, 15) is 0 Å². The minimum absolute atomic E-state index is 0.509. The number of nitrogens with two attached hydrogens (primary N) is 1. The summed E-state index contributed by atoms with van der Waals surface area (Å²) in [5.74, 6) is 0.509. The molecular weight excluding hydrogens is 212 g/mol. The van der Waals surface area contributed by atoms with Crippen molar-refractivity contribution in [2.45, 2.75) is 6.92 Å². The van der Waals surface area contributed by atoms with Crippen molar-refractivity contribution in [2.75, 3.05) is 5.73 Å². The Morgan fingerprint density at radius 1 is 1.12 bits per heavy atom. The molecule has 0 aliphatic carbocycles. The Bertz CT molecular complexity index is 685. The van der Waals surface area contributed by atoms with E-state index in [2.05, 4.69) is 34.0 Å². The molecule has 84 valence electrons. The topological polar surface area (TPSA) is 67.6 Å². The summed E-state index contributed by atoms with van der Waals surface area (Å²) < 4.78 is 0. The third-order valence-electron chi connectivity index (χ3n) is 2.93. The van der Waals surface area contributed by atoms with Crippen LogP contribution in [0, 0.1) is 6.92 Å². The molecule has 4 heteroatoms. The first-order valence-corrected chi connectivity index (χ1v) is 5.41. The molecule has 0 radical (unpaired) electrons. The van der Waals surface area contributed by atoms with E-state index >= 15 is 0 Å². The second-order valence-electron chi connectivity index (χ2n) is 4.00. The van der Waals surface area contributed by atoms with Gasteiger partial charge in [0, 0.05) is 11.8 Å². The van der Waals surface area contributed by atoms with E-state index in [1.807, 2.05) is 18.3 Å². The van der Waals surface area contributed by atoms with E-state index in [1.165, 1.54) is 11.9 Å². The number of hydrogen-bond donors (Lipinski definition) is 2. The van der Waals surface area contributed by atoms with Crippen molar-refractivity contribution in [2.24, 2.45) is 0 Å². The number of anilines is 1. The molecule has 0 saturated carbocycles. The largest absolute Gasteiger partial charge is 0.383 e. The lowest BCUT2D eigenvalue weighted by molar-refractivity contribution is 1.21. The van der Waals surface area contributed by atoms with Crippen LogP contribution in [0.25, 0.3) is 22.2 Å². The number of nitrogen functional groups attached to an aromatic ring is 1. The van der Waals surface area contributed by atoms with Gasteiger partial charge in [0.2, 0.25) is 0 Å². The van der Waals surface area contributed by atoms with Crippen molar-refractivity contribution < 1.29 is 0 Å². The third kappa shape index (κ3) is 1.45. The van der Waals surface area contributed by atoms with Gasteiger partial charge in [-0.15, -0.1) is 0 Å². The Morgan fingerprint density at radius 3 is 2.76 bits per heavy atom.